The monoisotopic (exact) mass is 324 g/mol. The average molecular weight is 325 g/mol. The summed E-state index contributed by atoms with van der Waals surface area (Å²) in [5, 5.41) is 10.2. The van der Waals surface area contributed by atoms with Crippen molar-refractivity contribution in [1.82, 2.24) is 20.3 Å². The molecule has 100 valence electrons. The van der Waals surface area contributed by atoms with E-state index in [1.807, 2.05) is 18.2 Å². The average Bonchev–Trinajstić information content (AvgIpc) is 2.81. The molecule has 19 heavy (non-hydrogen) atoms. The highest BCUT2D eigenvalue weighted by molar-refractivity contribution is 9.10. The van der Waals surface area contributed by atoms with E-state index in [1.165, 1.54) is 10.9 Å². The quantitative estimate of drug-likeness (QED) is 0.925. The summed E-state index contributed by atoms with van der Waals surface area (Å²) in [5.41, 5.74) is 1.36. The van der Waals surface area contributed by atoms with E-state index in [0.717, 1.165) is 15.8 Å². The first-order valence-corrected chi connectivity index (χ1v) is 6.36. The van der Waals surface area contributed by atoms with Gasteiger partial charge in [0.25, 0.3) is 5.91 Å². The minimum atomic E-state index is -0.216. The summed E-state index contributed by atoms with van der Waals surface area (Å²) < 4.78 is 7.50. The standard InChI is InChI=1S/C12H13BrN4O2/c1-17-11(7-15-16-17)12(18)14-6-8-3-9(13)5-10(4-8)19-2/h3-5,7H,6H2,1-2H3,(H,14,18). The van der Waals surface area contributed by atoms with Crippen LogP contribution in [0.2, 0.25) is 0 Å². The van der Waals surface area contributed by atoms with Crippen molar-refractivity contribution < 1.29 is 9.53 Å². The van der Waals surface area contributed by atoms with E-state index in [9.17, 15) is 4.79 Å². The lowest BCUT2D eigenvalue weighted by Crippen LogP contribution is -2.25. The number of ether oxygens (including phenoxy) is 1. The zero-order valence-electron chi connectivity index (χ0n) is 10.6. The maximum Gasteiger partial charge on any atom is 0.271 e. The molecule has 0 atom stereocenters. The molecule has 1 N–H and O–H groups in total. The van der Waals surface area contributed by atoms with Gasteiger partial charge in [-0.05, 0) is 23.8 Å². The van der Waals surface area contributed by atoms with Crippen molar-refractivity contribution in [3.63, 3.8) is 0 Å². The van der Waals surface area contributed by atoms with Crippen molar-refractivity contribution in [2.75, 3.05) is 7.11 Å². The summed E-state index contributed by atoms with van der Waals surface area (Å²) in [6.45, 7) is 0.403. The first-order valence-electron chi connectivity index (χ1n) is 5.56. The first-order chi connectivity index (χ1) is 9.10. The number of benzene rings is 1. The topological polar surface area (TPSA) is 69.0 Å². The lowest BCUT2D eigenvalue weighted by atomic mass is 10.2. The smallest absolute Gasteiger partial charge is 0.271 e. The highest BCUT2D eigenvalue weighted by Crippen LogP contribution is 2.21. The van der Waals surface area contributed by atoms with E-state index in [4.69, 9.17) is 4.74 Å². The molecule has 1 aromatic carbocycles. The number of rotatable bonds is 4. The molecule has 0 bridgehead atoms. The van der Waals surface area contributed by atoms with Gasteiger partial charge in [0, 0.05) is 18.1 Å². The predicted molar refractivity (Wildman–Crippen MR) is 72.9 cm³/mol. The van der Waals surface area contributed by atoms with Crippen LogP contribution in [-0.2, 0) is 13.6 Å². The number of halogens is 1. The lowest BCUT2D eigenvalue weighted by molar-refractivity contribution is 0.0941. The normalized spacial score (nSPS) is 10.3. The summed E-state index contributed by atoms with van der Waals surface area (Å²) >= 11 is 3.39. The number of methoxy groups -OCH3 is 1. The van der Waals surface area contributed by atoms with Crippen LogP contribution in [-0.4, -0.2) is 28.0 Å². The van der Waals surface area contributed by atoms with Crippen LogP contribution in [0.5, 0.6) is 5.75 Å². The summed E-state index contributed by atoms with van der Waals surface area (Å²) in [7, 11) is 3.27. The molecule has 1 amide bonds. The zero-order chi connectivity index (χ0) is 13.8. The Morgan fingerprint density at radius 3 is 2.89 bits per heavy atom. The van der Waals surface area contributed by atoms with Crippen LogP contribution in [0.4, 0.5) is 0 Å². The second-order valence-electron chi connectivity index (χ2n) is 3.92. The Morgan fingerprint density at radius 2 is 2.26 bits per heavy atom. The predicted octanol–water partition coefficient (Wildman–Crippen LogP) is 1.52. The lowest BCUT2D eigenvalue weighted by Gasteiger charge is -2.07. The number of aryl methyl sites for hydroxylation is 1. The maximum atomic E-state index is 11.9. The van der Waals surface area contributed by atoms with Crippen LogP contribution in [0.15, 0.2) is 28.9 Å². The van der Waals surface area contributed by atoms with Gasteiger partial charge in [-0.15, -0.1) is 5.10 Å². The van der Waals surface area contributed by atoms with Crippen molar-refractivity contribution in [1.29, 1.82) is 0 Å². The molecule has 0 unspecified atom stereocenters. The molecule has 2 rings (SSSR count). The largest absolute Gasteiger partial charge is 0.497 e. The SMILES string of the molecule is COc1cc(Br)cc(CNC(=O)c2cnnn2C)c1. The molecular formula is C12H13BrN4O2. The highest BCUT2D eigenvalue weighted by atomic mass is 79.9. The van der Waals surface area contributed by atoms with Gasteiger partial charge >= 0.3 is 0 Å². The molecule has 1 aromatic heterocycles. The molecule has 0 aliphatic rings. The molecule has 0 fully saturated rings. The number of amides is 1. The van der Waals surface area contributed by atoms with Gasteiger partial charge in [-0.3, -0.25) is 4.79 Å². The van der Waals surface area contributed by atoms with Crippen molar-refractivity contribution >= 4 is 21.8 Å². The molecule has 7 heteroatoms. The number of hydrogen-bond donors (Lipinski definition) is 1. The summed E-state index contributed by atoms with van der Waals surface area (Å²) in [4.78, 5) is 11.9. The van der Waals surface area contributed by atoms with Gasteiger partial charge < -0.3 is 10.1 Å². The molecular weight excluding hydrogens is 312 g/mol. The van der Waals surface area contributed by atoms with Gasteiger partial charge in [-0.2, -0.15) is 0 Å². The summed E-state index contributed by atoms with van der Waals surface area (Å²) in [5.74, 6) is 0.521. The van der Waals surface area contributed by atoms with E-state index in [2.05, 4.69) is 31.6 Å². The molecule has 0 saturated heterocycles. The van der Waals surface area contributed by atoms with E-state index in [-0.39, 0.29) is 5.91 Å². The number of carbonyl (C=O) groups excluding carboxylic acids is 1. The van der Waals surface area contributed by atoms with Crippen molar-refractivity contribution in [2.24, 2.45) is 7.05 Å². The van der Waals surface area contributed by atoms with Crippen LogP contribution >= 0.6 is 15.9 Å². The Hall–Kier alpha value is -1.89. The van der Waals surface area contributed by atoms with E-state index in [1.54, 1.807) is 14.2 Å². The summed E-state index contributed by atoms with van der Waals surface area (Å²) in [6, 6.07) is 5.65. The van der Waals surface area contributed by atoms with Crippen LogP contribution < -0.4 is 10.1 Å². The fourth-order valence-electron chi connectivity index (χ4n) is 1.61. The summed E-state index contributed by atoms with van der Waals surface area (Å²) in [6.07, 6.45) is 1.43. The minimum Gasteiger partial charge on any atom is -0.497 e. The van der Waals surface area contributed by atoms with Gasteiger partial charge in [0.15, 0.2) is 0 Å². The molecule has 1 heterocycles. The van der Waals surface area contributed by atoms with Crippen LogP contribution in [0.25, 0.3) is 0 Å². The third-order valence-electron chi connectivity index (χ3n) is 2.57. The van der Waals surface area contributed by atoms with Gasteiger partial charge in [-0.25, -0.2) is 4.68 Å². The number of nitrogens with zero attached hydrogens (tertiary/aromatic N) is 3. The first kappa shape index (κ1) is 13.5. The number of hydrogen-bond acceptors (Lipinski definition) is 4. The Morgan fingerprint density at radius 1 is 1.47 bits per heavy atom. The fourth-order valence-corrected chi connectivity index (χ4v) is 2.13. The van der Waals surface area contributed by atoms with Crippen LogP contribution in [0.3, 0.4) is 0 Å². The van der Waals surface area contributed by atoms with Crippen molar-refractivity contribution in [3.05, 3.63) is 40.1 Å². The number of nitrogens with one attached hydrogen (secondary N) is 1. The Labute approximate surface area is 118 Å². The molecule has 0 aliphatic carbocycles. The third-order valence-corrected chi connectivity index (χ3v) is 3.02. The number of carbonyl (C=O) groups is 1. The fraction of sp³-hybridized carbons (Fsp3) is 0.250. The second kappa shape index (κ2) is 5.83. The van der Waals surface area contributed by atoms with E-state index in [0.29, 0.717) is 12.2 Å². The third kappa shape index (κ3) is 3.31. The van der Waals surface area contributed by atoms with Crippen LogP contribution in [0.1, 0.15) is 16.1 Å². The van der Waals surface area contributed by atoms with Gasteiger partial charge in [0.1, 0.15) is 11.4 Å². The van der Waals surface area contributed by atoms with Crippen LogP contribution in [0, 0.1) is 0 Å². The molecule has 0 radical (unpaired) electrons. The van der Waals surface area contributed by atoms with E-state index < -0.39 is 0 Å². The number of aromatic nitrogens is 3. The zero-order valence-corrected chi connectivity index (χ0v) is 12.1. The Bertz CT molecular complexity index is 597. The maximum absolute atomic E-state index is 11.9. The Balaban J connectivity index is 2.05. The molecule has 0 saturated carbocycles. The Kier molecular flexibility index (Phi) is 4.16. The molecule has 0 spiro atoms. The van der Waals surface area contributed by atoms with E-state index >= 15 is 0 Å². The van der Waals surface area contributed by atoms with Crippen molar-refractivity contribution in [2.45, 2.75) is 6.54 Å². The highest BCUT2D eigenvalue weighted by Gasteiger charge is 2.10. The van der Waals surface area contributed by atoms with Gasteiger partial charge in [0.05, 0.1) is 13.3 Å². The van der Waals surface area contributed by atoms with Gasteiger partial charge in [-0.1, -0.05) is 21.1 Å². The van der Waals surface area contributed by atoms with Gasteiger partial charge in [0.2, 0.25) is 0 Å². The molecule has 6 nitrogen and oxygen atoms in total. The minimum absolute atomic E-state index is 0.216. The molecule has 0 aliphatic heterocycles. The molecule has 2 aromatic rings. The van der Waals surface area contributed by atoms with Crippen molar-refractivity contribution in [3.8, 4) is 5.75 Å². The second-order valence-corrected chi connectivity index (χ2v) is 4.84.